The number of carbonyl (C=O) groups excluding carboxylic acids is 1. The summed E-state index contributed by atoms with van der Waals surface area (Å²) in [4.78, 5) is 21.6. The van der Waals surface area contributed by atoms with E-state index in [0.29, 0.717) is 34.9 Å². The first-order valence-electron chi connectivity index (χ1n) is 11.2. The van der Waals surface area contributed by atoms with Crippen molar-refractivity contribution in [2.75, 3.05) is 0 Å². The predicted octanol–water partition coefficient (Wildman–Crippen LogP) is 6.07. The SMILES string of the molecule is C=C1N=C(c2ccc(OC(F)F)cc2)C=C(c2ccncc2)N1/N=C(\CCC)C(=O)C(C)CC. The molecule has 1 aromatic heterocycles. The van der Waals surface area contributed by atoms with Gasteiger partial charge in [0.05, 0.1) is 11.4 Å². The normalized spacial score (nSPS) is 15.2. The highest BCUT2D eigenvalue weighted by atomic mass is 19.3. The number of hydrogen-bond acceptors (Lipinski definition) is 6. The average molecular weight is 467 g/mol. The summed E-state index contributed by atoms with van der Waals surface area (Å²) >= 11 is 0. The third kappa shape index (κ3) is 6.01. The molecule has 34 heavy (non-hydrogen) atoms. The Morgan fingerprint density at radius 3 is 2.38 bits per heavy atom. The fraction of sp³-hybridized carbons (Fsp3) is 0.308. The largest absolute Gasteiger partial charge is 0.435 e. The molecule has 1 aliphatic heterocycles. The molecule has 0 saturated carbocycles. The number of aliphatic imine (C=N–C) groups is 1. The molecule has 1 aromatic carbocycles. The number of hydrogen-bond donors (Lipinski definition) is 0. The molecule has 178 valence electrons. The standard InChI is InChI=1S/C26H28F2N4O2/c1-5-7-22(25(33)17(3)6-2)31-32-18(4)30-23(16-24(32)20-12-14-29-15-13-20)19-8-10-21(11-9-19)34-26(27)28/h8-17,26H,4-7H2,1-3H3/b31-22+. The van der Waals surface area contributed by atoms with Crippen LogP contribution in [-0.4, -0.2) is 33.8 Å². The number of rotatable bonds is 10. The zero-order valence-corrected chi connectivity index (χ0v) is 19.5. The monoisotopic (exact) mass is 466 g/mol. The van der Waals surface area contributed by atoms with Crippen LogP contribution in [0, 0.1) is 5.92 Å². The molecule has 1 unspecified atom stereocenters. The highest BCUT2D eigenvalue weighted by molar-refractivity contribution is 6.40. The Hall–Kier alpha value is -3.68. The highest BCUT2D eigenvalue weighted by Gasteiger charge is 2.25. The van der Waals surface area contributed by atoms with Crippen LogP contribution in [0.5, 0.6) is 5.75 Å². The minimum Gasteiger partial charge on any atom is -0.435 e. The van der Waals surface area contributed by atoms with Crippen molar-refractivity contribution in [1.82, 2.24) is 9.99 Å². The number of nitrogens with zero attached hydrogens (tertiary/aromatic N) is 4. The Bertz CT molecular complexity index is 1110. The first kappa shape index (κ1) is 25.0. The van der Waals surface area contributed by atoms with E-state index in [1.165, 1.54) is 12.1 Å². The number of Topliss-reactive ketones (excluding diaryl/α,β-unsaturated/α-hetero) is 1. The summed E-state index contributed by atoms with van der Waals surface area (Å²) in [5.74, 6) is 0.273. The molecule has 0 spiro atoms. The van der Waals surface area contributed by atoms with Crippen molar-refractivity contribution in [1.29, 1.82) is 0 Å². The van der Waals surface area contributed by atoms with Gasteiger partial charge in [0, 0.05) is 29.4 Å². The molecule has 8 heteroatoms. The van der Waals surface area contributed by atoms with Gasteiger partial charge in [-0.15, -0.1) is 0 Å². The molecule has 6 nitrogen and oxygen atoms in total. The Morgan fingerprint density at radius 2 is 1.79 bits per heavy atom. The molecule has 0 bridgehead atoms. The number of carbonyl (C=O) groups is 1. The van der Waals surface area contributed by atoms with E-state index in [0.717, 1.165) is 18.4 Å². The third-order valence-electron chi connectivity index (χ3n) is 5.40. The van der Waals surface area contributed by atoms with Gasteiger partial charge in [0.2, 0.25) is 0 Å². The lowest BCUT2D eigenvalue weighted by Crippen LogP contribution is -2.27. The molecular formula is C26H28F2N4O2. The zero-order valence-electron chi connectivity index (χ0n) is 19.5. The lowest BCUT2D eigenvalue weighted by atomic mass is 9.97. The van der Waals surface area contributed by atoms with E-state index in [4.69, 9.17) is 5.10 Å². The van der Waals surface area contributed by atoms with Gasteiger partial charge in [-0.25, -0.2) is 10.0 Å². The van der Waals surface area contributed by atoms with Crippen LogP contribution in [0.3, 0.4) is 0 Å². The second-order valence-electron chi connectivity index (χ2n) is 7.86. The van der Waals surface area contributed by atoms with E-state index in [1.807, 2.05) is 39.0 Å². The number of hydrazone groups is 1. The number of aromatic nitrogens is 1. The van der Waals surface area contributed by atoms with Crippen molar-refractivity contribution < 1.29 is 18.3 Å². The van der Waals surface area contributed by atoms with Crippen molar-refractivity contribution in [2.45, 2.75) is 46.6 Å². The van der Waals surface area contributed by atoms with Gasteiger partial charge in [-0.2, -0.15) is 13.9 Å². The van der Waals surface area contributed by atoms with E-state index in [2.05, 4.69) is 21.3 Å². The van der Waals surface area contributed by atoms with E-state index < -0.39 is 6.61 Å². The van der Waals surface area contributed by atoms with Gasteiger partial charge < -0.3 is 4.74 Å². The minimum atomic E-state index is -2.89. The smallest absolute Gasteiger partial charge is 0.387 e. The van der Waals surface area contributed by atoms with E-state index in [-0.39, 0.29) is 17.5 Å². The molecule has 0 N–H and O–H groups in total. The Balaban J connectivity index is 2.04. The van der Waals surface area contributed by atoms with Crippen molar-refractivity contribution in [3.63, 3.8) is 0 Å². The number of allylic oxidation sites excluding steroid dienone is 1. The maximum Gasteiger partial charge on any atom is 0.387 e. The van der Waals surface area contributed by atoms with Crippen LogP contribution in [0.2, 0.25) is 0 Å². The molecule has 1 aliphatic rings. The molecular weight excluding hydrogens is 438 g/mol. The minimum absolute atomic E-state index is 0.00984. The molecule has 0 saturated heterocycles. The summed E-state index contributed by atoms with van der Waals surface area (Å²) in [5.41, 5.74) is 3.25. The fourth-order valence-corrected chi connectivity index (χ4v) is 3.39. The van der Waals surface area contributed by atoms with Crippen molar-refractivity contribution in [3.8, 4) is 5.75 Å². The van der Waals surface area contributed by atoms with Gasteiger partial charge in [0.15, 0.2) is 5.78 Å². The summed E-state index contributed by atoms with van der Waals surface area (Å²) in [5, 5.41) is 6.29. The highest BCUT2D eigenvalue weighted by Crippen LogP contribution is 2.30. The fourth-order valence-electron chi connectivity index (χ4n) is 3.39. The molecule has 2 heterocycles. The number of pyridine rings is 1. The number of ether oxygens (including phenoxy) is 1. The average Bonchev–Trinajstić information content (AvgIpc) is 2.84. The molecule has 0 radical (unpaired) electrons. The molecule has 0 amide bonds. The van der Waals surface area contributed by atoms with Crippen LogP contribution in [0.25, 0.3) is 5.70 Å². The van der Waals surface area contributed by atoms with Crippen molar-refractivity contribution >= 4 is 22.9 Å². The Morgan fingerprint density at radius 1 is 1.12 bits per heavy atom. The summed E-state index contributed by atoms with van der Waals surface area (Å²) in [7, 11) is 0. The molecule has 3 rings (SSSR count). The number of ketones is 1. The summed E-state index contributed by atoms with van der Waals surface area (Å²) in [6, 6.07) is 9.89. The lowest BCUT2D eigenvalue weighted by molar-refractivity contribution is -0.116. The number of alkyl halides is 2. The van der Waals surface area contributed by atoms with Gasteiger partial charge in [0.1, 0.15) is 17.3 Å². The van der Waals surface area contributed by atoms with E-state index in [1.54, 1.807) is 29.5 Å². The maximum atomic E-state index is 13.0. The van der Waals surface area contributed by atoms with Gasteiger partial charge in [-0.05, 0) is 55.3 Å². The van der Waals surface area contributed by atoms with Crippen molar-refractivity contribution in [2.24, 2.45) is 16.0 Å². The number of benzene rings is 1. The van der Waals surface area contributed by atoms with Crippen LogP contribution in [0.4, 0.5) is 8.78 Å². The first-order valence-corrected chi connectivity index (χ1v) is 11.2. The second kappa shape index (κ2) is 11.4. The Labute approximate surface area is 198 Å². The van der Waals surface area contributed by atoms with Gasteiger partial charge in [-0.1, -0.05) is 33.8 Å². The molecule has 1 atom stereocenters. The van der Waals surface area contributed by atoms with Gasteiger partial charge in [0.25, 0.3) is 0 Å². The van der Waals surface area contributed by atoms with Crippen LogP contribution < -0.4 is 4.74 Å². The summed E-state index contributed by atoms with van der Waals surface area (Å²) in [6.07, 6.45) is 7.20. The summed E-state index contributed by atoms with van der Waals surface area (Å²) in [6.45, 7) is 7.07. The van der Waals surface area contributed by atoms with Crippen LogP contribution in [0.1, 0.15) is 51.2 Å². The maximum absolute atomic E-state index is 13.0. The molecule has 0 fully saturated rings. The topological polar surface area (TPSA) is 67.2 Å². The lowest BCUT2D eigenvalue weighted by Gasteiger charge is -2.27. The van der Waals surface area contributed by atoms with Crippen molar-refractivity contribution in [3.05, 3.63) is 78.4 Å². The van der Waals surface area contributed by atoms with Crippen LogP contribution in [-0.2, 0) is 4.79 Å². The molecule has 0 aliphatic carbocycles. The quantitative estimate of drug-likeness (QED) is 0.399. The van der Waals surface area contributed by atoms with E-state index in [9.17, 15) is 13.6 Å². The summed E-state index contributed by atoms with van der Waals surface area (Å²) < 4.78 is 29.4. The predicted molar refractivity (Wildman–Crippen MR) is 130 cm³/mol. The Kier molecular flexibility index (Phi) is 8.40. The van der Waals surface area contributed by atoms with Crippen LogP contribution in [0.15, 0.2) is 77.4 Å². The molecule has 2 aromatic rings. The zero-order chi connectivity index (χ0) is 24.7. The van der Waals surface area contributed by atoms with E-state index >= 15 is 0 Å². The second-order valence-corrected chi connectivity index (χ2v) is 7.86. The third-order valence-corrected chi connectivity index (χ3v) is 5.40. The number of halogens is 2. The first-order chi connectivity index (χ1) is 16.3. The van der Waals surface area contributed by atoms with Gasteiger partial charge >= 0.3 is 6.61 Å². The van der Waals surface area contributed by atoms with Gasteiger partial charge in [-0.3, -0.25) is 9.78 Å². The van der Waals surface area contributed by atoms with Crippen LogP contribution >= 0.6 is 0 Å².